The third-order valence-corrected chi connectivity index (χ3v) is 6.81. The molecular formula is C33H35NO3. The van der Waals surface area contributed by atoms with Crippen molar-refractivity contribution in [2.45, 2.75) is 58.3 Å². The average Bonchev–Trinajstić information content (AvgIpc) is 2.91. The maximum atomic E-state index is 6.63. The standard InChI is InChI=1S/C33H35NO3/c1-24-14-16-25(17-15-24)21-34-28-18-19-30-29(20-28)31(35-22-26-10-6-4-7-11-26)32(33(2,3)37-30)36-23-27-12-8-5-9-13-27/h4-20,31-32,34H,21-23H2,1-3H3. The molecule has 37 heavy (non-hydrogen) atoms. The quantitative estimate of drug-likeness (QED) is 0.260. The van der Waals surface area contributed by atoms with Crippen molar-refractivity contribution in [3.05, 3.63) is 131 Å². The van der Waals surface area contributed by atoms with Gasteiger partial charge in [0.1, 0.15) is 23.6 Å². The van der Waals surface area contributed by atoms with Gasteiger partial charge in [0.25, 0.3) is 0 Å². The Kier molecular flexibility index (Phi) is 7.59. The fourth-order valence-corrected chi connectivity index (χ4v) is 4.74. The van der Waals surface area contributed by atoms with E-state index in [1.54, 1.807) is 0 Å². The molecule has 0 spiro atoms. The molecule has 2 unspecified atom stereocenters. The van der Waals surface area contributed by atoms with Crippen LogP contribution in [0.25, 0.3) is 0 Å². The average molecular weight is 494 g/mol. The summed E-state index contributed by atoms with van der Waals surface area (Å²) in [4.78, 5) is 0. The SMILES string of the molecule is Cc1ccc(CNc2ccc3c(c2)C(OCc2ccccc2)C(OCc2ccccc2)C(C)(C)O3)cc1. The van der Waals surface area contributed by atoms with Gasteiger partial charge in [0.05, 0.1) is 13.2 Å². The summed E-state index contributed by atoms with van der Waals surface area (Å²) in [6.07, 6.45) is -0.583. The first-order chi connectivity index (χ1) is 18.0. The molecule has 190 valence electrons. The summed E-state index contributed by atoms with van der Waals surface area (Å²) < 4.78 is 19.7. The van der Waals surface area contributed by atoms with Crippen LogP contribution >= 0.6 is 0 Å². The summed E-state index contributed by atoms with van der Waals surface area (Å²) >= 11 is 0. The highest BCUT2D eigenvalue weighted by atomic mass is 16.6. The van der Waals surface area contributed by atoms with Gasteiger partial charge >= 0.3 is 0 Å². The molecule has 4 nitrogen and oxygen atoms in total. The van der Waals surface area contributed by atoms with Crippen LogP contribution < -0.4 is 10.1 Å². The third-order valence-electron chi connectivity index (χ3n) is 6.81. The molecule has 0 amide bonds. The molecule has 0 bridgehead atoms. The van der Waals surface area contributed by atoms with Crippen LogP contribution in [0, 0.1) is 6.92 Å². The van der Waals surface area contributed by atoms with Crippen molar-refractivity contribution in [2.24, 2.45) is 0 Å². The molecule has 1 aliphatic rings. The zero-order valence-electron chi connectivity index (χ0n) is 21.8. The van der Waals surface area contributed by atoms with Gasteiger partial charge in [-0.3, -0.25) is 0 Å². The number of hydrogen-bond donors (Lipinski definition) is 1. The van der Waals surface area contributed by atoms with Gasteiger partial charge in [-0.25, -0.2) is 0 Å². The molecule has 0 aromatic heterocycles. The van der Waals surface area contributed by atoms with Crippen LogP contribution in [0.15, 0.2) is 103 Å². The minimum atomic E-state index is -0.569. The van der Waals surface area contributed by atoms with E-state index in [1.165, 1.54) is 11.1 Å². The van der Waals surface area contributed by atoms with Gasteiger partial charge in [0.2, 0.25) is 0 Å². The molecule has 1 heterocycles. The van der Waals surface area contributed by atoms with Crippen LogP contribution in [0.2, 0.25) is 0 Å². The monoisotopic (exact) mass is 493 g/mol. The second kappa shape index (κ2) is 11.2. The van der Waals surface area contributed by atoms with E-state index in [9.17, 15) is 0 Å². The second-order valence-electron chi connectivity index (χ2n) is 10.2. The summed E-state index contributed by atoms with van der Waals surface area (Å²) in [5, 5.41) is 3.57. The lowest BCUT2D eigenvalue weighted by atomic mass is 9.87. The number of nitrogens with one attached hydrogen (secondary N) is 1. The van der Waals surface area contributed by atoms with Gasteiger partial charge in [0, 0.05) is 17.8 Å². The van der Waals surface area contributed by atoms with Crippen LogP contribution in [-0.2, 0) is 29.2 Å². The minimum Gasteiger partial charge on any atom is -0.485 e. The van der Waals surface area contributed by atoms with E-state index < -0.39 is 5.60 Å². The molecule has 0 saturated heterocycles. The Morgan fingerprint density at radius 1 is 0.730 bits per heavy atom. The van der Waals surface area contributed by atoms with E-state index in [4.69, 9.17) is 14.2 Å². The Balaban J connectivity index is 1.41. The molecule has 0 fully saturated rings. The number of rotatable bonds is 9. The van der Waals surface area contributed by atoms with E-state index in [0.29, 0.717) is 13.2 Å². The molecule has 2 atom stereocenters. The number of fused-ring (bicyclic) bond motifs is 1. The zero-order valence-corrected chi connectivity index (χ0v) is 21.8. The van der Waals surface area contributed by atoms with Crippen LogP contribution in [0.5, 0.6) is 5.75 Å². The Labute approximate surface area is 220 Å². The highest BCUT2D eigenvalue weighted by Crippen LogP contribution is 2.45. The smallest absolute Gasteiger partial charge is 0.132 e. The topological polar surface area (TPSA) is 39.7 Å². The molecule has 0 saturated carbocycles. The molecule has 5 rings (SSSR count). The summed E-state index contributed by atoms with van der Waals surface area (Å²) in [7, 11) is 0. The molecule has 1 N–H and O–H groups in total. The summed E-state index contributed by atoms with van der Waals surface area (Å²) in [6.45, 7) is 7.99. The normalized spacial score (nSPS) is 18.0. The molecule has 4 heteroatoms. The fraction of sp³-hybridized carbons (Fsp3) is 0.273. The lowest BCUT2D eigenvalue weighted by molar-refractivity contribution is -0.170. The molecular weight excluding hydrogens is 458 g/mol. The van der Waals surface area contributed by atoms with Crippen molar-refractivity contribution in [1.29, 1.82) is 0 Å². The van der Waals surface area contributed by atoms with Crippen molar-refractivity contribution < 1.29 is 14.2 Å². The van der Waals surface area contributed by atoms with Gasteiger partial charge in [0.15, 0.2) is 0 Å². The number of anilines is 1. The summed E-state index contributed by atoms with van der Waals surface area (Å²) in [6, 6.07) is 35.4. The van der Waals surface area contributed by atoms with Crippen molar-refractivity contribution >= 4 is 5.69 Å². The maximum absolute atomic E-state index is 6.63. The first-order valence-corrected chi connectivity index (χ1v) is 12.9. The van der Waals surface area contributed by atoms with Crippen LogP contribution in [0.3, 0.4) is 0 Å². The first-order valence-electron chi connectivity index (χ1n) is 12.9. The Bertz CT molecular complexity index is 1290. The minimum absolute atomic E-state index is 0.288. The van der Waals surface area contributed by atoms with Gasteiger partial charge in [-0.2, -0.15) is 0 Å². The molecule has 1 aliphatic heterocycles. The van der Waals surface area contributed by atoms with E-state index in [1.807, 2.05) is 42.5 Å². The van der Waals surface area contributed by atoms with Crippen LogP contribution in [0.1, 0.15) is 47.8 Å². The van der Waals surface area contributed by atoms with Gasteiger partial charge in [-0.05, 0) is 55.7 Å². The lowest BCUT2D eigenvalue weighted by Gasteiger charge is -2.44. The Morgan fingerprint density at radius 2 is 1.35 bits per heavy atom. The summed E-state index contributed by atoms with van der Waals surface area (Å²) in [5.41, 5.74) is 6.21. The van der Waals surface area contributed by atoms with E-state index >= 15 is 0 Å². The Hall–Kier alpha value is -3.60. The third kappa shape index (κ3) is 6.22. The number of hydrogen-bond acceptors (Lipinski definition) is 4. The van der Waals surface area contributed by atoms with Gasteiger partial charge in [-0.15, -0.1) is 0 Å². The van der Waals surface area contributed by atoms with E-state index in [0.717, 1.165) is 34.7 Å². The van der Waals surface area contributed by atoms with Crippen LogP contribution in [0.4, 0.5) is 5.69 Å². The van der Waals surface area contributed by atoms with Crippen LogP contribution in [-0.4, -0.2) is 11.7 Å². The number of ether oxygens (including phenoxy) is 3. The largest absolute Gasteiger partial charge is 0.485 e. The predicted octanol–water partition coefficient (Wildman–Crippen LogP) is 7.62. The first kappa shape index (κ1) is 25.1. The van der Waals surface area contributed by atoms with Crippen molar-refractivity contribution in [3.8, 4) is 5.75 Å². The fourth-order valence-electron chi connectivity index (χ4n) is 4.74. The highest BCUT2D eigenvalue weighted by Gasteiger charge is 2.45. The van der Waals surface area contributed by atoms with E-state index in [2.05, 4.69) is 86.8 Å². The molecule has 0 radical (unpaired) electrons. The van der Waals surface area contributed by atoms with Gasteiger partial charge in [-0.1, -0.05) is 90.5 Å². The summed E-state index contributed by atoms with van der Waals surface area (Å²) in [5.74, 6) is 0.837. The molecule has 4 aromatic rings. The van der Waals surface area contributed by atoms with Crippen molar-refractivity contribution in [2.75, 3.05) is 5.32 Å². The van der Waals surface area contributed by atoms with Gasteiger partial charge < -0.3 is 19.5 Å². The highest BCUT2D eigenvalue weighted by molar-refractivity contribution is 5.54. The van der Waals surface area contributed by atoms with E-state index in [-0.39, 0.29) is 12.2 Å². The predicted molar refractivity (Wildman–Crippen MR) is 149 cm³/mol. The van der Waals surface area contributed by atoms with Crippen molar-refractivity contribution in [1.82, 2.24) is 0 Å². The lowest BCUT2D eigenvalue weighted by Crippen LogP contribution is -2.50. The second-order valence-corrected chi connectivity index (χ2v) is 10.2. The zero-order chi connectivity index (χ0) is 25.7. The number of benzene rings is 4. The maximum Gasteiger partial charge on any atom is 0.132 e. The molecule has 4 aromatic carbocycles. The molecule has 0 aliphatic carbocycles. The van der Waals surface area contributed by atoms with Crippen molar-refractivity contribution in [3.63, 3.8) is 0 Å². The number of aryl methyl sites for hydroxylation is 1. The Morgan fingerprint density at radius 3 is 2.00 bits per heavy atom.